The zero-order valence-corrected chi connectivity index (χ0v) is 14.9. The lowest BCUT2D eigenvalue weighted by atomic mass is 9.93. The number of likely N-dealkylation sites (tertiary alicyclic amines) is 1. The Morgan fingerprint density at radius 3 is 2.43 bits per heavy atom. The second kappa shape index (κ2) is 8.66. The highest BCUT2D eigenvalue weighted by Gasteiger charge is 2.18. The van der Waals surface area contributed by atoms with Gasteiger partial charge in [0.05, 0.1) is 4.90 Å². The van der Waals surface area contributed by atoms with E-state index in [0.29, 0.717) is 11.5 Å². The number of hydrogen-bond acceptors (Lipinski definition) is 5. The van der Waals surface area contributed by atoms with E-state index in [0.717, 1.165) is 37.8 Å². The summed E-state index contributed by atoms with van der Waals surface area (Å²) in [6, 6.07) is 6.64. The van der Waals surface area contributed by atoms with E-state index < -0.39 is 9.84 Å². The molecule has 1 N–H and O–H groups in total. The second-order valence-corrected chi connectivity index (χ2v) is 8.29. The van der Waals surface area contributed by atoms with Crippen molar-refractivity contribution < 1.29 is 13.2 Å². The maximum absolute atomic E-state index is 11.4. The van der Waals surface area contributed by atoms with Crippen molar-refractivity contribution in [3.8, 4) is 5.75 Å². The summed E-state index contributed by atoms with van der Waals surface area (Å²) in [6.07, 6.45) is 5.02. The zero-order chi connectivity index (χ0) is 16.7. The molecule has 2 rings (SSSR count). The fourth-order valence-corrected chi connectivity index (χ4v) is 3.55. The van der Waals surface area contributed by atoms with Gasteiger partial charge in [0.15, 0.2) is 9.84 Å². The standard InChI is InChI=1S/C17H28N2O3S/c1-18-10-7-15-8-11-19(12-9-15)13-14-22-16-3-5-17(6-4-16)23(2,20)21/h3-6,15,18H,7-14H2,1-2H3. The van der Waals surface area contributed by atoms with Crippen LogP contribution in [-0.4, -0.2) is 59.4 Å². The predicted molar refractivity (Wildman–Crippen MR) is 92.8 cm³/mol. The lowest BCUT2D eigenvalue weighted by molar-refractivity contribution is 0.151. The first kappa shape index (κ1) is 18.2. The fourth-order valence-electron chi connectivity index (χ4n) is 2.92. The summed E-state index contributed by atoms with van der Waals surface area (Å²) in [5.41, 5.74) is 0. The predicted octanol–water partition coefficient (Wildman–Crippen LogP) is 1.79. The summed E-state index contributed by atoms with van der Waals surface area (Å²) in [5, 5.41) is 3.22. The van der Waals surface area contributed by atoms with Crippen molar-refractivity contribution >= 4 is 9.84 Å². The van der Waals surface area contributed by atoms with Crippen LogP contribution in [0.1, 0.15) is 19.3 Å². The first-order chi connectivity index (χ1) is 11.0. The van der Waals surface area contributed by atoms with Gasteiger partial charge in [0.25, 0.3) is 0 Å². The summed E-state index contributed by atoms with van der Waals surface area (Å²) >= 11 is 0. The minimum absolute atomic E-state index is 0.327. The topological polar surface area (TPSA) is 58.6 Å². The van der Waals surface area contributed by atoms with Crippen molar-refractivity contribution in [2.45, 2.75) is 24.2 Å². The summed E-state index contributed by atoms with van der Waals surface area (Å²) in [7, 11) is -1.13. The van der Waals surface area contributed by atoms with Crippen LogP contribution in [0.15, 0.2) is 29.2 Å². The Labute approximate surface area is 139 Å². The Kier molecular flexibility index (Phi) is 6.87. The maximum Gasteiger partial charge on any atom is 0.175 e. The van der Waals surface area contributed by atoms with Crippen LogP contribution in [0.2, 0.25) is 0 Å². The van der Waals surface area contributed by atoms with Gasteiger partial charge in [0.2, 0.25) is 0 Å². The van der Waals surface area contributed by atoms with Gasteiger partial charge in [-0.3, -0.25) is 4.90 Å². The molecular weight excluding hydrogens is 312 g/mol. The monoisotopic (exact) mass is 340 g/mol. The molecule has 1 aliphatic heterocycles. The zero-order valence-electron chi connectivity index (χ0n) is 14.1. The molecule has 1 heterocycles. The van der Waals surface area contributed by atoms with Crippen LogP contribution in [0.4, 0.5) is 0 Å². The molecule has 0 atom stereocenters. The van der Waals surface area contributed by atoms with Crippen molar-refractivity contribution in [1.82, 2.24) is 10.2 Å². The molecule has 5 nitrogen and oxygen atoms in total. The normalized spacial score (nSPS) is 17.3. The Balaban J connectivity index is 1.68. The molecule has 6 heteroatoms. The molecule has 23 heavy (non-hydrogen) atoms. The number of nitrogens with zero attached hydrogens (tertiary/aromatic N) is 1. The largest absolute Gasteiger partial charge is 0.492 e. The van der Waals surface area contributed by atoms with E-state index >= 15 is 0 Å². The average molecular weight is 340 g/mol. The van der Waals surface area contributed by atoms with E-state index in [-0.39, 0.29) is 0 Å². The Morgan fingerprint density at radius 2 is 1.87 bits per heavy atom. The molecule has 0 aliphatic carbocycles. The number of sulfone groups is 1. The van der Waals surface area contributed by atoms with Crippen molar-refractivity contribution in [2.24, 2.45) is 5.92 Å². The van der Waals surface area contributed by atoms with Crippen LogP contribution in [0.5, 0.6) is 5.75 Å². The van der Waals surface area contributed by atoms with Gasteiger partial charge in [0, 0.05) is 12.8 Å². The fraction of sp³-hybridized carbons (Fsp3) is 0.647. The molecule has 130 valence electrons. The third-order valence-corrected chi connectivity index (χ3v) is 5.57. The minimum Gasteiger partial charge on any atom is -0.492 e. The second-order valence-electron chi connectivity index (χ2n) is 6.27. The molecule has 0 radical (unpaired) electrons. The van der Waals surface area contributed by atoms with Crippen LogP contribution < -0.4 is 10.1 Å². The molecule has 0 spiro atoms. The van der Waals surface area contributed by atoms with Gasteiger partial charge in [-0.25, -0.2) is 8.42 Å². The Bertz CT molecular complexity index is 564. The highest BCUT2D eigenvalue weighted by atomic mass is 32.2. The van der Waals surface area contributed by atoms with Crippen LogP contribution in [0.3, 0.4) is 0 Å². The minimum atomic E-state index is -3.14. The van der Waals surface area contributed by atoms with Gasteiger partial charge in [-0.2, -0.15) is 0 Å². The SMILES string of the molecule is CNCCC1CCN(CCOc2ccc(S(C)(=O)=O)cc2)CC1. The Hall–Kier alpha value is -1.11. The molecule has 1 saturated heterocycles. The van der Waals surface area contributed by atoms with E-state index in [1.54, 1.807) is 24.3 Å². The molecule has 0 bridgehead atoms. The van der Waals surface area contributed by atoms with E-state index in [2.05, 4.69) is 10.2 Å². The van der Waals surface area contributed by atoms with E-state index in [1.807, 2.05) is 7.05 Å². The van der Waals surface area contributed by atoms with Crippen molar-refractivity contribution in [3.63, 3.8) is 0 Å². The van der Waals surface area contributed by atoms with Gasteiger partial charge in [-0.1, -0.05) is 0 Å². The number of hydrogen-bond donors (Lipinski definition) is 1. The third kappa shape index (κ3) is 6.12. The van der Waals surface area contributed by atoms with Crippen LogP contribution in [-0.2, 0) is 9.84 Å². The first-order valence-corrected chi connectivity index (χ1v) is 10.2. The molecule has 0 unspecified atom stereocenters. The molecule has 0 saturated carbocycles. The highest BCUT2D eigenvalue weighted by molar-refractivity contribution is 7.90. The molecule has 1 aliphatic rings. The lowest BCUT2D eigenvalue weighted by Crippen LogP contribution is -2.37. The van der Waals surface area contributed by atoms with Gasteiger partial charge in [-0.15, -0.1) is 0 Å². The van der Waals surface area contributed by atoms with Crippen LogP contribution in [0.25, 0.3) is 0 Å². The number of nitrogens with one attached hydrogen (secondary N) is 1. The van der Waals surface area contributed by atoms with Gasteiger partial charge in [0.1, 0.15) is 12.4 Å². The smallest absolute Gasteiger partial charge is 0.175 e. The number of ether oxygens (including phenoxy) is 1. The molecule has 0 aromatic heterocycles. The van der Waals surface area contributed by atoms with Gasteiger partial charge >= 0.3 is 0 Å². The van der Waals surface area contributed by atoms with E-state index in [9.17, 15) is 8.42 Å². The number of benzene rings is 1. The molecule has 1 fully saturated rings. The average Bonchev–Trinajstić information content (AvgIpc) is 2.54. The summed E-state index contributed by atoms with van der Waals surface area (Å²) in [6.45, 7) is 4.96. The van der Waals surface area contributed by atoms with Crippen LogP contribution >= 0.6 is 0 Å². The summed E-state index contributed by atoms with van der Waals surface area (Å²) in [5.74, 6) is 1.57. The number of rotatable bonds is 8. The third-order valence-electron chi connectivity index (χ3n) is 4.44. The van der Waals surface area contributed by atoms with E-state index in [1.165, 1.54) is 25.5 Å². The summed E-state index contributed by atoms with van der Waals surface area (Å²) < 4.78 is 28.5. The van der Waals surface area contributed by atoms with Crippen molar-refractivity contribution in [2.75, 3.05) is 46.1 Å². The number of piperidine rings is 1. The molecule has 1 aromatic rings. The molecule has 0 amide bonds. The van der Waals surface area contributed by atoms with E-state index in [4.69, 9.17) is 4.74 Å². The van der Waals surface area contributed by atoms with Crippen molar-refractivity contribution in [3.05, 3.63) is 24.3 Å². The highest BCUT2D eigenvalue weighted by Crippen LogP contribution is 2.20. The molecular formula is C17H28N2O3S. The van der Waals surface area contributed by atoms with Crippen molar-refractivity contribution in [1.29, 1.82) is 0 Å². The van der Waals surface area contributed by atoms with Crippen LogP contribution in [0, 0.1) is 5.92 Å². The summed E-state index contributed by atoms with van der Waals surface area (Å²) in [4.78, 5) is 2.77. The van der Waals surface area contributed by atoms with Gasteiger partial charge < -0.3 is 10.1 Å². The lowest BCUT2D eigenvalue weighted by Gasteiger charge is -2.31. The maximum atomic E-state index is 11.4. The molecule has 1 aromatic carbocycles. The van der Waals surface area contributed by atoms with Gasteiger partial charge in [-0.05, 0) is 76.1 Å². The first-order valence-electron chi connectivity index (χ1n) is 8.29. The quantitative estimate of drug-likeness (QED) is 0.782. The Morgan fingerprint density at radius 1 is 1.22 bits per heavy atom.